The highest BCUT2D eigenvalue weighted by Crippen LogP contribution is 2.27. The summed E-state index contributed by atoms with van der Waals surface area (Å²) in [5.74, 6) is 0.884. The molecule has 114 valence electrons. The largest absolute Gasteiger partial charge is 0.465 e. The second kappa shape index (κ2) is 5.97. The first-order chi connectivity index (χ1) is 9.86. The Bertz CT molecular complexity index is 723. The van der Waals surface area contributed by atoms with Crippen molar-refractivity contribution in [2.45, 2.75) is 38.3 Å². The van der Waals surface area contributed by atoms with Crippen LogP contribution in [0.4, 0.5) is 0 Å². The predicted molar refractivity (Wildman–Crippen MR) is 79.0 cm³/mol. The molecular formula is C14H19N3O3S. The molecule has 0 spiro atoms. The fourth-order valence-corrected chi connectivity index (χ4v) is 4.00. The third kappa shape index (κ3) is 3.15. The topological polar surface area (TPSA) is 98.2 Å². The smallest absolute Gasteiger partial charge is 0.244 e. The van der Waals surface area contributed by atoms with Gasteiger partial charge in [0.15, 0.2) is 0 Å². The lowest BCUT2D eigenvalue weighted by Gasteiger charge is -2.14. The molecule has 3 N–H and O–H groups in total. The number of pyridine rings is 1. The maximum Gasteiger partial charge on any atom is 0.244 e. The van der Waals surface area contributed by atoms with Gasteiger partial charge in [-0.2, -0.15) is 0 Å². The van der Waals surface area contributed by atoms with E-state index >= 15 is 0 Å². The van der Waals surface area contributed by atoms with Crippen molar-refractivity contribution in [1.82, 2.24) is 9.71 Å². The molecule has 21 heavy (non-hydrogen) atoms. The van der Waals surface area contributed by atoms with Crippen LogP contribution in [0.1, 0.15) is 35.6 Å². The molecule has 0 aromatic carbocycles. The van der Waals surface area contributed by atoms with Crippen molar-refractivity contribution in [2.24, 2.45) is 5.73 Å². The summed E-state index contributed by atoms with van der Waals surface area (Å²) in [6.45, 7) is 5.22. The van der Waals surface area contributed by atoms with Crippen LogP contribution in [-0.4, -0.2) is 13.4 Å². The number of hydrogen-bond acceptors (Lipinski definition) is 5. The Labute approximate surface area is 124 Å². The second-order valence-corrected chi connectivity index (χ2v) is 6.50. The molecule has 0 aliphatic heterocycles. The molecule has 2 rings (SSSR count). The van der Waals surface area contributed by atoms with Gasteiger partial charge in [0, 0.05) is 30.5 Å². The van der Waals surface area contributed by atoms with Gasteiger partial charge in [-0.15, -0.1) is 0 Å². The van der Waals surface area contributed by atoms with E-state index in [1.807, 2.05) is 0 Å². The van der Waals surface area contributed by atoms with E-state index in [0.29, 0.717) is 17.1 Å². The average molecular weight is 309 g/mol. The van der Waals surface area contributed by atoms with Crippen molar-refractivity contribution in [3.8, 4) is 0 Å². The standard InChI is InChI=1S/C14H19N3O3S/c1-9(12-4-6-16-7-5-12)17-21(18,19)14-11(3)20-10(2)13(14)8-15/h4-7,9,17H,8,15H2,1-3H3. The zero-order chi connectivity index (χ0) is 15.6. The van der Waals surface area contributed by atoms with Crippen molar-refractivity contribution < 1.29 is 12.8 Å². The summed E-state index contributed by atoms with van der Waals surface area (Å²) in [5.41, 5.74) is 6.99. The second-order valence-electron chi connectivity index (χ2n) is 4.85. The molecule has 0 amide bonds. The highest BCUT2D eigenvalue weighted by Gasteiger charge is 2.27. The molecule has 0 saturated carbocycles. The van der Waals surface area contributed by atoms with Crippen molar-refractivity contribution in [2.75, 3.05) is 0 Å². The first-order valence-electron chi connectivity index (χ1n) is 6.58. The van der Waals surface area contributed by atoms with Crippen LogP contribution in [0.2, 0.25) is 0 Å². The van der Waals surface area contributed by atoms with Crippen LogP contribution < -0.4 is 10.5 Å². The number of rotatable bonds is 5. The van der Waals surface area contributed by atoms with Crippen LogP contribution in [0.3, 0.4) is 0 Å². The molecule has 7 heteroatoms. The fraction of sp³-hybridized carbons (Fsp3) is 0.357. The Morgan fingerprint density at radius 1 is 1.29 bits per heavy atom. The van der Waals surface area contributed by atoms with Gasteiger partial charge in [0.2, 0.25) is 10.0 Å². The first kappa shape index (κ1) is 15.7. The van der Waals surface area contributed by atoms with Crippen LogP contribution in [0.5, 0.6) is 0 Å². The quantitative estimate of drug-likeness (QED) is 0.877. The Hall–Kier alpha value is -1.70. The first-order valence-corrected chi connectivity index (χ1v) is 8.06. The Morgan fingerprint density at radius 2 is 1.90 bits per heavy atom. The summed E-state index contributed by atoms with van der Waals surface area (Å²) in [6.07, 6.45) is 3.25. The van der Waals surface area contributed by atoms with Crippen molar-refractivity contribution in [3.05, 3.63) is 47.2 Å². The molecule has 0 fully saturated rings. The van der Waals surface area contributed by atoms with Gasteiger partial charge in [-0.1, -0.05) is 0 Å². The predicted octanol–water partition coefficient (Wildman–Crippen LogP) is 1.79. The van der Waals surface area contributed by atoms with E-state index in [0.717, 1.165) is 5.56 Å². The lowest BCUT2D eigenvalue weighted by atomic mass is 10.1. The maximum atomic E-state index is 12.6. The lowest BCUT2D eigenvalue weighted by Crippen LogP contribution is -2.28. The highest BCUT2D eigenvalue weighted by atomic mass is 32.2. The normalized spacial score (nSPS) is 13.3. The highest BCUT2D eigenvalue weighted by molar-refractivity contribution is 7.89. The summed E-state index contributed by atoms with van der Waals surface area (Å²) < 4.78 is 33.2. The van der Waals surface area contributed by atoms with Gasteiger partial charge in [0.05, 0.1) is 0 Å². The van der Waals surface area contributed by atoms with E-state index in [4.69, 9.17) is 10.2 Å². The van der Waals surface area contributed by atoms with Gasteiger partial charge < -0.3 is 10.2 Å². The maximum absolute atomic E-state index is 12.6. The third-order valence-electron chi connectivity index (χ3n) is 3.34. The van der Waals surface area contributed by atoms with E-state index in [-0.39, 0.29) is 17.5 Å². The summed E-state index contributed by atoms with van der Waals surface area (Å²) >= 11 is 0. The molecule has 2 aromatic rings. The summed E-state index contributed by atoms with van der Waals surface area (Å²) in [6, 6.07) is 3.16. The molecule has 0 saturated heterocycles. The number of nitrogens with zero attached hydrogens (tertiary/aromatic N) is 1. The molecule has 6 nitrogen and oxygen atoms in total. The van der Waals surface area contributed by atoms with Crippen molar-refractivity contribution >= 4 is 10.0 Å². The minimum Gasteiger partial charge on any atom is -0.465 e. The number of nitrogens with one attached hydrogen (secondary N) is 1. The molecule has 1 atom stereocenters. The van der Waals surface area contributed by atoms with Gasteiger partial charge in [-0.3, -0.25) is 4.98 Å². The molecular weight excluding hydrogens is 290 g/mol. The van der Waals surface area contributed by atoms with Gasteiger partial charge >= 0.3 is 0 Å². The Kier molecular flexibility index (Phi) is 4.46. The molecule has 0 aliphatic rings. The minimum atomic E-state index is -3.70. The van der Waals surface area contributed by atoms with Gasteiger partial charge in [0.25, 0.3) is 0 Å². The molecule has 2 heterocycles. The number of sulfonamides is 1. The fourth-order valence-electron chi connectivity index (χ4n) is 2.31. The average Bonchev–Trinajstić information content (AvgIpc) is 2.73. The Morgan fingerprint density at radius 3 is 2.48 bits per heavy atom. The van der Waals surface area contributed by atoms with Crippen LogP contribution >= 0.6 is 0 Å². The number of nitrogens with two attached hydrogens (primary N) is 1. The molecule has 2 aromatic heterocycles. The van der Waals surface area contributed by atoms with Crippen LogP contribution in [0.15, 0.2) is 33.8 Å². The lowest BCUT2D eigenvalue weighted by molar-refractivity contribution is 0.493. The molecule has 0 aliphatic carbocycles. The Balaban J connectivity index is 2.36. The van der Waals surface area contributed by atoms with Gasteiger partial charge in [0.1, 0.15) is 16.4 Å². The zero-order valence-electron chi connectivity index (χ0n) is 12.3. The van der Waals surface area contributed by atoms with E-state index in [2.05, 4.69) is 9.71 Å². The molecule has 0 radical (unpaired) electrons. The van der Waals surface area contributed by atoms with E-state index in [9.17, 15) is 8.42 Å². The van der Waals surface area contributed by atoms with Gasteiger partial charge in [-0.25, -0.2) is 13.1 Å². The van der Waals surface area contributed by atoms with Crippen LogP contribution in [0, 0.1) is 13.8 Å². The van der Waals surface area contributed by atoms with E-state index in [1.54, 1.807) is 45.3 Å². The van der Waals surface area contributed by atoms with Crippen LogP contribution in [0.25, 0.3) is 0 Å². The number of aromatic nitrogens is 1. The van der Waals surface area contributed by atoms with E-state index in [1.165, 1.54) is 0 Å². The SMILES string of the molecule is Cc1oc(C)c(S(=O)(=O)NC(C)c2ccncc2)c1CN. The number of hydrogen-bond donors (Lipinski definition) is 2. The van der Waals surface area contributed by atoms with Gasteiger partial charge in [-0.05, 0) is 38.5 Å². The zero-order valence-corrected chi connectivity index (χ0v) is 13.1. The number of aryl methyl sites for hydroxylation is 2. The van der Waals surface area contributed by atoms with Crippen LogP contribution in [-0.2, 0) is 16.6 Å². The van der Waals surface area contributed by atoms with Crippen molar-refractivity contribution in [3.63, 3.8) is 0 Å². The number of furan rings is 1. The monoisotopic (exact) mass is 309 g/mol. The molecule has 1 unspecified atom stereocenters. The minimum absolute atomic E-state index is 0.114. The van der Waals surface area contributed by atoms with E-state index < -0.39 is 10.0 Å². The summed E-state index contributed by atoms with van der Waals surface area (Å²) in [4.78, 5) is 4.06. The molecule has 0 bridgehead atoms. The third-order valence-corrected chi connectivity index (χ3v) is 5.07. The van der Waals surface area contributed by atoms with Crippen molar-refractivity contribution in [1.29, 1.82) is 0 Å². The summed E-state index contributed by atoms with van der Waals surface area (Å²) in [7, 11) is -3.70. The summed E-state index contributed by atoms with van der Waals surface area (Å²) in [5, 5.41) is 0.